The van der Waals surface area contributed by atoms with Gasteiger partial charge in [0.25, 0.3) is 5.91 Å². The molecule has 0 atom stereocenters. The number of carbonyl (C=O) groups is 2. The molecule has 7 nitrogen and oxygen atoms in total. The largest absolute Gasteiger partial charge is 0.482 e. The first-order chi connectivity index (χ1) is 10.9. The van der Waals surface area contributed by atoms with Crippen LogP contribution in [0.3, 0.4) is 0 Å². The molecule has 0 unspecified atom stereocenters. The summed E-state index contributed by atoms with van der Waals surface area (Å²) in [5.41, 5.74) is 0. The summed E-state index contributed by atoms with van der Waals surface area (Å²) in [6, 6.07) is 4.67. The van der Waals surface area contributed by atoms with Crippen molar-refractivity contribution < 1.29 is 19.4 Å². The smallest absolute Gasteiger partial charge is 0.303 e. The molecule has 0 saturated carbocycles. The topological polar surface area (TPSA) is 101 Å². The molecule has 23 heavy (non-hydrogen) atoms. The molecule has 2 N–H and O–H groups in total. The van der Waals surface area contributed by atoms with Crippen molar-refractivity contribution in [2.45, 2.75) is 12.8 Å². The van der Waals surface area contributed by atoms with Gasteiger partial charge in [0.1, 0.15) is 10.8 Å². The van der Waals surface area contributed by atoms with Gasteiger partial charge in [0.2, 0.25) is 5.13 Å². The van der Waals surface area contributed by atoms with E-state index in [-0.39, 0.29) is 24.6 Å². The molecule has 0 aliphatic rings. The maximum absolute atomic E-state index is 11.8. The molecule has 0 fully saturated rings. The molecule has 0 bridgehead atoms. The summed E-state index contributed by atoms with van der Waals surface area (Å²) in [5, 5.41) is 20.3. The number of carbonyl (C=O) groups excluding carboxylic acids is 1. The predicted octanol–water partition coefficient (Wildman–Crippen LogP) is 2.88. The normalized spacial score (nSPS) is 10.3. The number of halogens is 2. The van der Waals surface area contributed by atoms with Crippen molar-refractivity contribution in [3.63, 3.8) is 0 Å². The molecule has 1 aromatic carbocycles. The Hall–Kier alpha value is -1.90. The fourth-order valence-corrected chi connectivity index (χ4v) is 2.73. The van der Waals surface area contributed by atoms with Crippen LogP contribution < -0.4 is 10.1 Å². The van der Waals surface area contributed by atoms with E-state index >= 15 is 0 Å². The second kappa shape index (κ2) is 8.09. The standard InChI is InChI=1S/C13H11Cl2N3O4S/c14-7-1-2-9(8(15)5-7)22-6-10(19)16-13-18-17-11(23-13)3-4-12(20)21/h1-2,5H,3-4,6H2,(H,20,21)(H,16,18,19). The minimum atomic E-state index is -0.918. The van der Waals surface area contributed by atoms with Crippen molar-refractivity contribution >= 4 is 51.5 Å². The first-order valence-corrected chi connectivity index (χ1v) is 7.93. The van der Waals surface area contributed by atoms with Crippen LogP contribution >= 0.6 is 34.5 Å². The van der Waals surface area contributed by atoms with E-state index in [2.05, 4.69) is 15.5 Å². The third kappa shape index (κ3) is 5.66. The molecule has 2 aromatic rings. The monoisotopic (exact) mass is 375 g/mol. The number of rotatable bonds is 7. The number of benzene rings is 1. The van der Waals surface area contributed by atoms with E-state index in [1.165, 1.54) is 6.07 Å². The number of hydrogen-bond donors (Lipinski definition) is 2. The summed E-state index contributed by atoms with van der Waals surface area (Å²) in [6.45, 7) is -0.259. The summed E-state index contributed by atoms with van der Waals surface area (Å²) in [4.78, 5) is 22.3. The van der Waals surface area contributed by atoms with E-state index < -0.39 is 11.9 Å². The first-order valence-electron chi connectivity index (χ1n) is 6.36. The Balaban J connectivity index is 1.84. The summed E-state index contributed by atoms with van der Waals surface area (Å²) < 4.78 is 5.29. The molecule has 10 heteroatoms. The van der Waals surface area contributed by atoms with Crippen LogP contribution in [0.1, 0.15) is 11.4 Å². The van der Waals surface area contributed by atoms with Gasteiger partial charge in [-0.15, -0.1) is 10.2 Å². The van der Waals surface area contributed by atoms with Crippen LogP contribution in [-0.4, -0.2) is 33.8 Å². The lowest BCUT2D eigenvalue weighted by molar-refractivity contribution is -0.137. The number of aliphatic carboxylic acids is 1. The number of nitrogens with one attached hydrogen (secondary N) is 1. The average molecular weight is 376 g/mol. The number of amides is 1. The van der Waals surface area contributed by atoms with Crippen LogP contribution in [0.25, 0.3) is 0 Å². The van der Waals surface area contributed by atoms with E-state index in [4.69, 9.17) is 33.0 Å². The van der Waals surface area contributed by atoms with E-state index in [0.29, 0.717) is 20.8 Å². The van der Waals surface area contributed by atoms with Gasteiger partial charge in [-0.3, -0.25) is 14.9 Å². The molecule has 122 valence electrons. The highest BCUT2D eigenvalue weighted by molar-refractivity contribution is 7.15. The summed E-state index contributed by atoms with van der Waals surface area (Å²) >= 11 is 12.8. The molecule has 0 radical (unpaired) electrons. The van der Waals surface area contributed by atoms with Gasteiger partial charge in [-0.05, 0) is 18.2 Å². The molecule has 0 spiro atoms. The Bertz CT molecular complexity index is 723. The fourth-order valence-electron chi connectivity index (χ4n) is 1.51. The van der Waals surface area contributed by atoms with Crippen LogP contribution in [0.4, 0.5) is 5.13 Å². The van der Waals surface area contributed by atoms with Gasteiger partial charge in [0.15, 0.2) is 6.61 Å². The zero-order chi connectivity index (χ0) is 16.8. The SMILES string of the molecule is O=C(O)CCc1nnc(NC(=O)COc2ccc(Cl)cc2Cl)s1. The number of aromatic nitrogens is 2. The number of anilines is 1. The van der Waals surface area contributed by atoms with Crippen molar-refractivity contribution in [2.24, 2.45) is 0 Å². The van der Waals surface area contributed by atoms with Crippen molar-refractivity contribution in [1.82, 2.24) is 10.2 Å². The molecule has 0 aliphatic heterocycles. The number of nitrogens with zero attached hydrogens (tertiary/aromatic N) is 2. The van der Waals surface area contributed by atoms with Crippen molar-refractivity contribution in [1.29, 1.82) is 0 Å². The minimum absolute atomic E-state index is 0.0409. The summed E-state index contributed by atoms with van der Waals surface area (Å²) in [5.74, 6) is -1.01. The molecule has 2 rings (SSSR count). The quantitative estimate of drug-likeness (QED) is 0.771. The molecular formula is C13H11Cl2N3O4S. The van der Waals surface area contributed by atoms with Gasteiger partial charge in [0.05, 0.1) is 11.4 Å². The molecule has 1 heterocycles. The lowest BCUT2D eigenvalue weighted by atomic mass is 10.3. The van der Waals surface area contributed by atoms with Crippen molar-refractivity contribution in [3.05, 3.63) is 33.3 Å². The van der Waals surface area contributed by atoms with Crippen LogP contribution in [-0.2, 0) is 16.0 Å². The summed E-state index contributed by atoms with van der Waals surface area (Å²) in [7, 11) is 0. The summed E-state index contributed by atoms with van der Waals surface area (Å²) in [6.07, 6.45) is 0.223. The zero-order valence-electron chi connectivity index (χ0n) is 11.6. The highest BCUT2D eigenvalue weighted by Gasteiger charge is 2.11. The third-order valence-corrected chi connectivity index (χ3v) is 3.95. The lowest BCUT2D eigenvalue weighted by Gasteiger charge is -2.07. The predicted molar refractivity (Wildman–Crippen MR) is 86.5 cm³/mol. The van der Waals surface area contributed by atoms with E-state index in [0.717, 1.165) is 11.3 Å². The van der Waals surface area contributed by atoms with Gasteiger partial charge >= 0.3 is 5.97 Å². The molecular weight excluding hydrogens is 365 g/mol. The maximum Gasteiger partial charge on any atom is 0.303 e. The van der Waals surface area contributed by atoms with E-state index in [1.807, 2.05) is 0 Å². The van der Waals surface area contributed by atoms with Gasteiger partial charge in [-0.25, -0.2) is 0 Å². The molecule has 0 aliphatic carbocycles. The number of hydrogen-bond acceptors (Lipinski definition) is 6. The highest BCUT2D eigenvalue weighted by atomic mass is 35.5. The maximum atomic E-state index is 11.8. The highest BCUT2D eigenvalue weighted by Crippen LogP contribution is 2.27. The van der Waals surface area contributed by atoms with Crippen LogP contribution in [0, 0.1) is 0 Å². The number of carboxylic acids is 1. The van der Waals surface area contributed by atoms with Gasteiger partial charge in [-0.2, -0.15) is 0 Å². The molecule has 0 saturated heterocycles. The third-order valence-electron chi connectivity index (χ3n) is 2.52. The second-order valence-electron chi connectivity index (χ2n) is 4.31. The van der Waals surface area contributed by atoms with Crippen molar-refractivity contribution in [2.75, 3.05) is 11.9 Å². The Labute approximate surface area is 145 Å². The second-order valence-corrected chi connectivity index (χ2v) is 6.21. The number of carboxylic acid groups (broad SMARTS) is 1. The zero-order valence-corrected chi connectivity index (χ0v) is 13.9. The van der Waals surface area contributed by atoms with E-state index in [1.54, 1.807) is 12.1 Å². The molecule has 1 amide bonds. The Kier molecular flexibility index (Phi) is 6.14. The van der Waals surface area contributed by atoms with E-state index in [9.17, 15) is 9.59 Å². The van der Waals surface area contributed by atoms with Crippen LogP contribution in [0.15, 0.2) is 18.2 Å². The first kappa shape index (κ1) is 17.5. The van der Waals surface area contributed by atoms with Crippen LogP contribution in [0.2, 0.25) is 10.0 Å². The molecule has 1 aromatic heterocycles. The van der Waals surface area contributed by atoms with Gasteiger partial charge in [0, 0.05) is 11.4 Å². The lowest BCUT2D eigenvalue weighted by Crippen LogP contribution is -2.20. The minimum Gasteiger partial charge on any atom is -0.482 e. The Morgan fingerprint density at radius 3 is 2.78 bits per heavy atom. The van der Waals surface area contributed by atoms with Crippen LogP contribution in [0.5, 0.6) is 5.75 Å². The Morgan fingerprint density at radius 1 is 1.30 bits per heavy atom. The van der Waals surface area contributed by atoms with Gasteiger partial charge < -0.3 is 9.84 Å². The number of ether oxygens (including phenoxy) is 1. The van der Waals surface area contributed by atoms with Crippen molar-refractivity contribution in [3.8, 4) is 5.75 Å². The van der Waals surface area contributed by atoms with Gasteiger partial charge in [-0.1, -0.05) is 34.5 Å². The fraction of sp³-hybridized carbons (Fsp3) is 0.231. The Morgan fingerprint density at radius 2 is 2.09 bits per heavy atom. The number of aryl methyl sites for hydroxylation is 1. The average Bonchev–Trinajstić information content (AvgIpc) is 2.91.